The van der Waals surface area contributed by atoms with E-state index in [-0.39, 0.29) is 19.8 Å². The van der Waals surface area contributed by atoms with Crippen molar-refractivity contribution in [1.29, 1.82) is 0 Å². The van der Waals surface area contributed by atoms with Gasteiger partial charge in [0.15, 0.2) is 11.5 Å². The molecule has 218 valence electrons. The second-order valence-electron chi connectivity index (χ2n) is 9.48. The summed E-state index contributed by atoms with van der Waals surface area (Å²) in [6.45, 7) is 2.53. The molecule has 1 aliphatic rings. The lowest BCUT2D eigenvalue weighted by molar-refractivity contribution is -0.141. The number of rotatable bonds is 13. The zero-order valence-electron chi connectivity index (χ0n) is 23.2. The molecule has 4 rings (SSSR count). The molecule has 3 aromatic rings. The van der Waals surface area contributed by atoms with Gasteiger partial charge >= 0.3 is 18.1 Å². The second kappa shape index (κ2) is 14.9. The van der Waals surface area contributed by atoms with Gasteiger partial charge in [0.05, 0.1) is 32.2 Å². The molecular formula is C30H35N3O7S. The number of carbonyl (C=O) groups is 3. The van der Waals surface area contributed by atoms with Crippen LogP contribution in [0, 0.1) is 0 Å². The molecule has 1 aromatic heterocycles. The number of ether oxygens (including phenoxy) is 4. The summed E-state index contributed by atoms with van der Waals surface area (Å²) in [5, 5.41) is 7.75. The van der Waals surface area contributed by atoms with Crippen molar-refractivity contribution in [3.05, 3.63) is 76.5 Å². The van der Waals surface area contributed by atoms with Crippen LogP contribution in [0.5, 0.6) is 11.5 Å². The molecule has 41 heavy (non-hydrogen) atoms. The van der Waals surface area contributed by atoms with E-state index in [0.29, 0.717) is 30.0 Å². The van der Waals surface area contributed by atoms with E-state index in [2.05, 4.69) is 10.6 Å². The molecule has 0 aliphatic carbocycles. The number of unbranched alkanes of at least 4 members (excludes halogenated alkanes) is 1. The summed E-state index contributed by atoms with van der Waals surface area (Å²) in [5.41, 5.74) is 1.38. The largest absolute Gasteiger partial charge is 0.469 e. The second-order valence-corrected chi connectivity index (χ2v) is 10.5. The zero-order chi connectivity index (χ0) is 29.0. The Bertz CT molecular complexity index is 1290. The van der Waals surface area contributed by atoms with Crippen molar-refractivity contribution in [2.24, 2.45) is 0 Å². The van der Waals surface area contributed by atoms with Gasteiger partial charge in [-0.1, -0.05) is 50.1 Å². The molecule has 2 heterocycles. The average molecular weight is 582 g/mol. The molecule has 0 saturated carbocycles. The molecule has 2 unspecified atom stereocenters. The van der Waals surface area contributed by atoms with Crippen molar-refractivity contribution in [2.75, 3.05) is 25.4 Å². The first-order valence-corrected chi connectivity index (χ1v) is 14.4. The summed E-state index contributed by atoms with van der Waals surface area (Å²) < 4.78 is 21.4. The number of benzene rings is 2. The minimum atomic E-state index is -0.675. The summed E-state index contributed by atoms with van der Waals surface area (Å²) in [6.07, 6.45) is 1.77. The van der Waals surface area contributed by atoms with Crippen LogP contribution in [0.15, 0.2) is 66.0 Å². The molecule has 0 spiro atoms. The summed E-state index contributed by atoms with van der Waals surface area (Å²) in [5.74, 6) is 0.661. The van der Waals surface area contributed by atoms with Gasteiger partial charge in [0.1, 0.15) is 6.61 Å². The molecule has 3 amide bonds. The highest BCUT2D eigenvalue weighted by atomic mass is 32.1. The van der Waals surface area contributed by atoms with Gasteiger partial charge in [-0.3, -0.25) is 9.69 Å². The van der Waals surface area contributed by atoms with Crippen LogP contribution in [0.3, 0.4) is 0 Å². The standard InChI is InChI=1S/C30H35N3O7S/c1-3-4-9-22(19-38-30(36)33(18-24-12-8-15-41-24)23-10-6-5-7-11-23)31-29(35)32-25(17-28(34)37-2)21-13-14-26-27(16-21)40-20-39-26/h5-8,10-16,22,25H,3-4,9,17-20H2,1-2H3,(H2,31,32,35). The number of methoxy groups -OCH3 is 1. The fourth-order valence-electron chi connectivity index (χ4n) is 4.34. The van der Waals surface area contributed by atoms with Crippen LogP contribution < -0.4 is 25.0 Å². The number of hydrogen-bond acceptors (Lipinski definition) is 8. The number of nitrogens with zero attached hydrogens (tertiary/aromatic N) is 1. The van der Waals surface area contributed by atoms with E-state index in [1.165, 1.54) is 7.11 Å². The Morgan fingerprint density at radius 2 is 1.83 bits per heavy atom. The van der Waals surface area contributed by atoms with Gasteiger partial charge in [-0.15, -0.1) is 11.3 Å². The fourth-order valence-corrected chi connectivity index (χ4v) is 5.04. The van der Waals surface area contributed by atoms with E-state index in [0.717, 1.165) is 23.4 Å². The quantitative estimate of drug-likeness (QED) is 0.246. The SMILES string of the molecule is CCCCC(COC(=O)N(Cc1cccs1)c1ccccc1)NC(=O)NC(CC(=O)OC)c1ccc2c(c1)OCO2. The number of anilines is 1. The Hall–Kier alpha value is -4.25. The summed E-state index contributed by atoms with van der Waals surface area (Å²) in [7, 11) is 1.30. The third kappa shape index (κ3) is 8.62. The van der Waals surface area contributed by atoms with Crippen LogP contribution in [-0.2, 0) is 20.8 Å². The molecule has 1 aliphatic heterocycles. The van der Waals surface area contributed by atoms with Crippen LogP contribution in [0.25, 0.3) is 0 Å². The highest BCUT2D eigenvalue weighted by molar-refractivity contribution is 7.09. The summed E-state index contributed by atoms with van der Waals surface area (Å²) in [4.78, 5) is 41.1. The molecule has 0 bridgehead atoms. The lowest BCUT2D eigenvalue weighted by Gasteiger charge is -2.25. The number of esters is 1. The lowest BCUT2D eigenvalue weighted by atomic mass is 10.0. The fraction of sp³-hybridized carbons (Fsp3) is 0.367. The summed E-state index contributed by atoms with van der Waals surface area (Å²) >= 11 is 1.56. The van der Waals surface area contributed by atoms with Crippen molar-refractivity contribution in [1.82, 2.24) is 10.6 Å². The predicted octanol–water partition coefficient (Wildman–Crippen LogP) is 5.78. The number of hydrogen-bond donors (Lipinski definition) is 2. The number of thiophene rings is 1. The van der Waals surface area contributed by atoms with Crippen LogP contribution in [-0.4, -0.2) is 44.6 Å². The van der Waals surface area contributed by atoms with Gasteiger partial charge in [-0.25, -0.2) is 9.59 Å². The van der Waals surface area contributed by atoms with Gasteiger partial charge in [0.2, 0.25) is 6.79 Å². The Labute approximate surface area is 243 Å². The Morgan fingerprint density at radius 3 is 2.56 bits per heavy atom. The van der Waals surface area contributed by atoms with Crippen molar-refractivity contribution in [2.45, 2.75) is 51.2 Å². The molecule has 0 fully saturated rings. The van der Waals surface area contributed by atoms with E-state index >= 15 is 0 Å². The van der Waals surface area contributed by atoms with Crippen LogP contribution in [0.4, 0.5) is 15.3 Å². The first kappa shape index (κ1) is 29.7. The molecular weight excluding hydrogens is 546 g/mol. The van der Waals surface area contributed by atoms with E-state index < -0.39 is 30.2 Å². The number of nitrogens with one attached hydrogen (secondary N) is 2. The molecule has 2 aromatic carbocycles. The number of urea groups is 1. The van der Waals surface area contributed by atoms with Gasteiger partial charge in [0.25, 0.3) is 0 Å². The molecule has 11 heteroatoms. The first-order chi connectivity index (χ1) is 20.0. The molecule has 0 saturated heterocycles. The van der Waals surface area contributed by atoms with Crippen molar-refractivity contribution in [3.8, 4) is 11.5 Å². The maximum atomic E-state index is 13.3. The van der Waals surface area contributed by atoms with Crippen LogP contribution in [0.2, 0.25) is 0 Å². The van der Waals surface area contributed by atoms with Crippen molar-refractivity contribution >= 4 is 35.1 Å². The maximum Gasteiger partial charge on any atom is 0.414 e. The van der Waals surface area contributed by atoms with Crippen LogP contribution >= 0.6 is 11.3 Å². The zero-order valence-corrected chi connectivity index (χ0v) is 24.0. The third-order valence-corrected chi connectivity index (χ3v) is 7.40. The first-order valence-electron chi connectivity index (χ1n) is 13.5. The van der Waals surface area contributed by atoms with Crippen molar-refractivity contribution in [3.63, 3.8) is 0 Å². The van der Waals surface area contributed by atoms with Gasteiger partial charge in [0, 0.05) is 10.6 Å². The molecule has 0 radical (unpaired) electrons. The smallest absolute Gasteiger partial charge is 0.414 e. The minimum absolute atomic E-state index is 0.00821. The average Bonchev–Trinajstić information content (AvgIpc) is 3.69. The Morgan fingerprint density at radius 1 is 1.02 bits per heavy atom. The van der Waals surface area contributed by atoms with E-state index in [1.54, 1.807) is 34.4 Å². The Kier molecular flexibility index (Phi) is 10.8. The Balaban J connectivity index is 1.41. The topological polar surface area (TPSA) is 115 Å². The van der Waals surface area contributed by atoms with Gasteiger partial charge < -0.3 is 29.6 Å². The molecule has 10 nitrogen and oxygen atoms in total. The summed E-state index contributed by atoms with van der Waals surface area (Å²) in [6, 6.07) is 16.9. The van der Waals surface area contributed by atoms with E-state index in [4.69, 9.17) is 18.9 Å². The number of carbonyl (C=O) groups excluding carboxylic acids is 3. The van der Waals surface area contributed by atoms with Crippen molar-refractivity contribution < 1.29 is 33.3 Å². The number of para-hydroxylation sites is 1. The lowest BCUT2D eigenvalue weighted by Crippen LogP contribution is -2.46. The van der Waals surface area contributed by atoms with E-state index in [9.17, 15) is 14.4 Å². The minimum Gasteiger partial charge on any atom is -0.469 e. The molecule has 2 atom stereocenters. The number of amides is 3. The maximum absolute atomic E-state index is 13.3. The third-order valence-electron chi connectivity index (χ3n) is 6.53. The monoisotopic (exact) mass is 581 g/mol. The normalized spacial score (nSPS) is 13.1. The number of fused-ring (bicyclic) bond motifs is 1. The van der Waals surface area contributed by atoms with Gasteiger partial charge in [-0.05, 0) is 47.7 Å². The molecule has 2 N–H and O–H groups in total. The highest BCUT2D eigenvalue weighted by Gasteiger charge is 2.25. The van der Waals surface area contributed by atoms with E-state index in [1.807, 2.05) is 54.8 Å². The predicted molar refractivity (Wildman–Crippen MR) is 155 cm³/mol. The van der Waals surface area contributed by atoms with Gasteiger partial charge in [-0.2, -0.15) is 0 Å². The highest BCUT2D eigenvalue weighted by Crippen LogP contribution is 2.35. The van der Waals surface area contributed by atoms with Crippen LogP contribution in [0.1, 0.15) is 49.1 Å².